The molecule has 0 aromatic heterocycles. The van der Waals surface area contributed by atoms with Gasteiger partial charge in [-0.05, 0) is 24.6 Å². The van der Waals surface area contributed by atoms with E-state index in [1.807, 2.05) is 6.07 Å². The zero-order valence-electron chi connectivity index (χ0n) is 11.2. The van der Waals surface area contributed by atoms with Crippen molar-refractivity contribution in [1.82, 2.24) is 0 Å². The van der Waals surface area contributed by atoms with E-state index in [4.69, 9.17) is 5.26 Å². The fourth-order valence-corrected chi connectivity index (χ4v) is 2.18. The average Bonchev–Trinajstić information content (AvgIpc) is 2.40. The number of amides is 1. The van der Waals surface area contributed by atoms with E-state index in [2.05, 4.69) is 34.2 Å². The predicted octanol–water partition coefficient (Wildman–Crippen LogP) is 4.62. The normalized spacial score (nSPS) is 9.95. The van der Waals surface area contributed by atoms with Gasteiger partial charge in [0.05, 0.1) is 11.3 Å². The Morgan fingerprint density at radius 3 is 2.74 bits per heavy atom. The fraction of sp³-hybridized carbons (Fsp3) is 0.467. The number of hydrogen-bond donors (Lipinski definition) is 1. The van der Waals surface area contributed by atoms with Gasteiger partial charge in [-0.25, -0.2) is 0 Å². The number of anilines is 1. The minimum Gasteiger partial charge on any atom is -0.325 e. The first kappa shape index (κ1) is 15.7. The lowest BCUT2D eigenvalue weighted by molar-refractivity contribution is -0.116. The number of rotatable bonds is 7. The molecule has 0 aliphatic carbocycles. The molecule has 19 heavy (non-hydrogen) atoms. The topological polar surface area (TPSA) is 52.9 Å². The third-order valence-electron chi connectivity index (χ3n) is 2.88. The summed E-state index contributed by atoms with van der Waals surface area (Å²) >= 11 is 3.31. The van der Waals surface area contributed by atoms with Crippen molar-refractivity contribution in [3.05, 3.63) is 28.2 Å². The molecular weight excluding hydrogens is 304 g/mol. The number of unbranched alkanes of at least 4 members (excludes halogenated alkanes) is 4. The van der Waals surface area contributed by atoms with Crippen LogP contribution in [-0.2, 0) is 4.79 Å². The quantitative estimate of drug-likeness (QED) is 0.744. The molecule has 0 spiro atoms. The highest BCUT2D eigenvalue weighted by Gasteiger charge is 2.07. The van der Waals surface area contributed by atoms with Gasteiger partial charge in [0.2, 0.25) is 5.91 Å². The number of halogens is 1. The van der Waals surface area contributed by atoms with Gasteiger partial charge in [0.1, 0.15) is 6.07 Å². The van der Waals surface area contributed by atoms with Crippen LogP contribution in [0.2, 0.25) is 0 Å². The lowest BCUT2D eigenvalue weighted by Gasteiger charge is -2.07. The van der Waals surface area contributed by atoms with Gasteiger partial charge in [-0.2, -0.15) is 5.26 Å². The maximum Gasteiger partial charge on any atom is 0.224 e. The molecule has 0 atom stereocenters. The van der Waals surface area contributed by atoms with Gasteiger partial charge in [-0.3, -0.25) is 4.79 Å². The summed E-state index contributed by atoms with van der Waals surface area (Å²) in [6.45, 7) is 2.17. The van der Waals surface area contributed by atoms with Crippen LogP contribution in [0.15, 0.2) is 22.7 Å². The highest BCUT2D eigenvalue weighted by molar-refractivity contribution is 9.10. The Balaban J connectivity index is 2.42. The molecule has 0 bridgehead atoms. The van der Waals surface area contributed by atoms with Gasteiger partial charge < -0.3 is 5.32 Å². The first-order chi connectivity index (χ1) is 9.17. The molecular formula is C15H19BrN2O. The van der Waals surface area contributed by atoms with E-state index in [9.17, 15) is 4.79 Å². The summed E-state index contributed by atoms with van der Waals surface area (Å²) in [6.07, 6.45) is 6.14. The highest BCUT2D eigenvalue weighted by atomic mass is 79.9. The Labute approximate surface area is 123 Å². The third-order valence-corrected chi connectivity index (χ3v) is 3.38. The van der Waals surface area contributed by atoms with Gasteiger partial charge in [0, 0.05) is 10.9 Å². The Kier molecular flexibility index (Phi) is 7.20. The summed E-state index contributed by atoms with van der Waals surface area (Å²) in [7, 11) is 0. The molecule has 0 aliphatic rings. The SMILES string of the molecule is CCCCCCCC(=O)Nc1ccc(Br)cc1C#N. The summed E-state index contributed by atoms with van der Waals surface area (Å²) in [4.78, 5) is 11.8. The molecule has 3 nitrogen and oxygen atoms in total. The summed E-state index contributed by atoms with van der Waals surface area (Å²) in [6, 6.07) is 7.35. The Hall–Kier alpha value is -1.34. The molecule has 0 unspecified atom stereocenters. The summed E-state index contributed by atoms with van der Waals surface area (Å²) < 4.78 is 0.835. The van der Waals surface area contributed by atoms with Crippen LogP contribution in [0.5, 0.6) is 0 Å². The Morgan fingerprint density at radius 1 is 1.32 bits per heavy atom. The molecule has 0 saturated carbocycles. The number of carbonyl (C=O) groups is 1. The number of hydrogen-bond acceptors (Lipinski definition) is 2. The molecule has 1 N–H and O–H groups in total. The van der Waals surface area contributed by atoms with E-state index in [1.165, 1.54) is 19.3 Å². The van der Waals surface area contributed by atoms with Crippen LogP contribution in [-0.4, -0.2) is 5.91 Å². The van der Waals surface area contributed by atoms with Gasteiger partial charge >= 0.3 is 0 Å². The molecule has 1 aromatic rings. The van der Waals surface area contributed by atoms with Crippen molar-refractivity contribution in [2.45, 2.75) is 45.4 Å². The van der Waals surface area contributed by atoms with E-state index in [1.54, 1.807) is 12.1 Å². The van der Waals surface area contributed by atoms with Gasteiger partial charge in [-0.1, -0.05) is 48.5 Å². The second-order valence-corrected chi connectivity index (χ2v) is 5.43. The maximum atomic E-state index is 11.8. The van der Waals surface area contributed by atoms with Crippen LogP contribution in [0.25, 0.3) is 0 Å². The van der Waals surface area contributed by atoms with Crippen LogP contribution in [0.3, 0.4) is 0 Å². The highest BCUT2D eigenvalue weighted by Crippen LogP contribution is 2.20. The number of carbonyl (C=O) groups excluding carboxylic acids is 1. The first-order valence-corrected chi connectivity index (χ1v) is 7.46. The van der Waals surface area contributed by atoms with Crippen molar-refractivity contribution in [1.29, 1.82) is 5.26 Å². The van der Waals surface area contributed by atoms with Crippen LogP contribution >= 0.6 is 15.9 Å². The smallest absolute Gasteiger partial charge is 0.224 e. The van der Waals surface area contributed by atoms with E-state index < -0.39 is 0 Å². The number of nitrogens with one attached hydrogen (secondary N) is 1. The zero-order valence-corrected chi connectivity index (χ0v) is 12.8. The summed E-state index contributed by atoms with van der Waals surface area (Å²) in [5.41, 5.74) is 1.07. The second kappa shape index (κ2) is 8.71. The van der Waals surface area contributed by atoms with E-state index in [0.717, 1.165) is 17.3 Å². The fourth-order valence-electron chi connectivity index (χ4n) is 1.82. The standard InChI is InChI=1S/C15H19BrN2O/c1-2-3-4-5-6-7-15(19)18-14-9-8-13(16)10-12(14)11-17/h8-10H,2-7H2,1H3,(H,18,19). The lowest BCUT2D eigenvalue weighted by atomic mass is 10.1. The average molecular weight is 323 g/mol. The molecule has 0 heterocycles. The Morgan fingerprint density at radius 2 is 2.05 bits per heavy atom. The largest absolute Gasteiger partial charge is 0.325 e. The van der Waals surface area contributed by atoms with Crippen molar-refractivity contribution in [3.8, 4) is 6.07 Å². The molecule has 1 amide bonds. The van der Waals surface area contributed by atoms with E-state index in [0.29, 0.717) is 17.7 Å². The number of benzene rings is 1. The van der Waals surface area contributed by atoms with E-state index in [-0.39, 0.29) is 5.91 Å². The van der Waals surface area contributed by atoms with Gasteiger partial charge in [0.15, 0.2) is 0 Å². The summed E-state index contributed by atoms with van der Waals surface area (Å²) in [5.74, 6) is -0.0182. The van der Waals surface area contributed by atoms with Crippen LogP contribution < -0.4 is 5.32 Å². The lowest BCUT2D eigenvalue weighted by Crippen LogP contribution is -2.12. The second-order valence-electron chi connectivity index (χ2n) is 4.51. The minimum atomic E-state index is -0.0182. The molecule has 4 heteroatoms. The summed E-state index contributed by atoms with van der Waals surface area (Å²) in [5, 5.41) is 11.8. The molecule has 0 fully saturated rings. The molecule has 102 valence electrons. The monoisotopic (exact) mass is 322 g/mol. The van der Waals surface area contributed by atoms with Crippen molar-refractivity contribution in [2.75, 3.05) is 5.32 Å². The van der Waals surface area contributed by atoms with Crippen molar-refractivity contribution >= 4 is 27.5 Å². The van der Waals surface area contributed by atoms with Gasteiger partial charge in [0.25, 0.3) is 0 Å². The van der Waals surface area contributed by atoms with E-state index >= 15 is 0 Å². The number of nitriles is 1. The van der Waals surface area contributed by atoms with Crippen LogP contribution in [0, 0.1) is 11.3 Å². The predicted molar refractivity (Wildman–Crippen MR) is 80.9 cm³/mol. The first-order valence-electron chi connectivity index (χ1n) is 6.67. The Bertz CT molecular complexity index is 466. The van der Waals surface area contributed by atoms with Crippen molar-refractivity contribution in [2.24, 2.45) is 0 Å². The van der Waals surface area contributed by atoms with Crippen LogP contribution in [0.1, 0.15) is 51.0 Å². The zero-order chi connectivity index (χ0) is 14.1. The molecule has 1 aromatic carbocycles. The van der Waals surface area contributed by atoms with Crippen LogP contribution in [0.4, 0.5) is 5.69 Å². The number of nitrogens with zero attached hydrogens (tertiary/aromatic N) is 1. The van der Waals surface area contributed by atoms with Crippen molar-refractivity contribution in [3.63, 3.8) is 0 Å². The molecule has 0 aliphatic heterocycles. The van der Waals surface area contributed by atoms with Crippen molar-refractivity contribution < 1.29 is 4.79 Å². The van der Waals surface area contributed by atoms with Gasteiger partial charge in [-0.15, -0.1) is 0 Å². The molecule has 0 radical (unpaired) electrons. The maximum absolute atomic E-state index is 11.8. The minimum absolute atomic E-state index is 0.0182. The molecule has 0 saturated heterocycles. The molecule has 1 rings (SSSR count). The third kappa shape index (κ3) is 5.89.